The van der Waals surface area contributed by atoms with Crippen molar-refractivity contribution < 1.29 is 4.74 Å². The van der Waals surface area contributed by atoms with Crippen LogP contribution in [-0.2, 0) is 4.74 Å². The van der Waals surface area contributed by atoms with Gasteiger partial charge in [0.1, 0.15) is 0 Å². The molecule has 1 nitrogen and oxygen atoms in total. The lowest BCUT2D eigenvalue weighted by molar-refractivity contribution is -0.0832. The molecule has 1 aliphatic rings. The second kappa shape index (κ2) is 7.41. The highest BCUT2D eigenvalue weighted by Crippen LogP contribution is 2.29. The first-order valence-corrected chi connectivity index (χ1v) is 7.62. The van der Waals surface area contributed by atoms with Crippen LogP contribution in [0.3, 0.4) is 0 Å². The van der Waals surface area contributed by atoms with Gasteiger partial charge in [-0.2, -0.15) is 0 Å². The van der Waals surface area contributed by atoms with Gasteiger partial charge in [-0.1, -0.05) is 53.9 Å². The Morgan fingerprint density at radius 3 is 1.82 bits per heavy atom. The third-order valence-corrected chi connectivity index (χ3v) is 4.62. The van der Waals surface area contributed by atoms with Crippen LogP contribution in [0.1, 0.15) is 66.7 Å². The average Bonchev–Trinajstić information content (AvgIpc) is 2.19. The van der Waals surface area contributed by atoms with Crippen LogP contribution >= 0.6 is 0 Å². The van der Waals surface area contributed by atoms with Crippen LogP contribution < -0.4 is 0 Å². The summed E-state index contributed by atoms with van der Waals surface area (Å²) in [5, 5.41) is 0. The maximum Gasteiger partial charge on any atom is 0.0622 e. The van der Waals surface area contributed by atoms with E-state index < -0.39 is 0 Å². The normalized spacial score (nSPS) is 25.4. The van der Waals surface area contributed by atoms with Crippen molar-refractivity contribution in [2.45, 2.75) is 72.8 Å². The number of ether oxygens (including phenoxy) is 1. The molecule has 0 spiro atoms. The van der Waals surface area contributed by atoms with Gasteiger partial charge < -0.3 is 4.74 Å². The first-order valence-electron chi connectivity index (χ1n) is 7.62. The van der Waals surface area contributed by atoms with Crippen molar-refractivity contribution in [2.75, 3.05) is 6.61 Å². The molecular formula is C16H32O. The van der Waals surface area contributed by atoms with Gasteiger partial charge in [0.2, 0.25) is 0 Å². The molecule has 0 saturated carbocycles. The second-order valence-electron chi connectivity index (χ2n) is 6.68. The zero-order chi connectivity index (χ0) is 12.8. The van der Waals surface area contributed by atoms with E-state index in [0.29, 0.717) is 6.10 Å². The minimum absolute atomic E-state index is 0.577. The zero-order valence-electron chi connectivity index (χ0n) is 12.5. The number of hydrogen-bond acceptors (Lipinski definition) is 1. The molecule has 0 aromatic carbocycles. The lowest BCUT2D eigenvalue weighted by Gasteiger charge is -2.33. The van der Waals surface area contributed by atoms with Crippen molar-refractivity contribution in [1.82, 2.24) is 0 Å². The molecule has 0 N–H and O–H groups in total. The van der Waals surface area contributed by atoms with Gasteiger partial charge in [-0.15, -0.1) is 0 Å². The van der Waals surface area contributed by atoms with Crippen LogP contribution in [0.25, 0.3) is 0 Å². The van der Waals surface area contributed by atoms with Crippen LogP contribution in [0.15, 0.2) is 0 Å². The lowest BCUT2D eigenvalue weighted by atomic mass is 9.83. The van der Waals surface area contributed by atoms with Gasteiger partial charge in [0, 0.05) is 6.61 Å². The Morgan fingerprint density at radius 1 is 0.882 bits per heavy atom. The third-order valence-electron chi connectivity index (χ3n) is 4.62. The van der Waals surface area contributed by atoms with Crippen molar-refractivity contribution >= 4 is 0 Å². The van der Waals surface area contributed by atoms with E-state index in [1.165, 1.54) is 32.1 Å². The largest absolute Gasteiger partial charge is 0.378 e. The van der Waals surface area contributed by atoms with Gasteiger partial charge in [-0.25, -0.2) is 0 Å². The predicted octanol–water partition coefficient (Wildman–Crippen LogP) is 4.90. The van der Waals surface area contributed by atoms with Crippen molar-refractivity contribution in [3.05, 3.63) is 0 Å². The SMILES string of the molecule is CC(C)CCC(C)C(C)CCC(C)C1CCO1. The fraction of sp³-hybridized carbons (Fsp3) is 1.00. The van der Waals surface area contributed by atoms with E-state index in [0.717, 1.165) is 30.3 Å². The summed E-state index contributed by atoms with van der Waals surface area (Å²) >= 11 is 0. The van der Waals surface area contributed by atoms with Gasteiger partial charge in [-0.3, -0.25) is 0 Å². The molecular weight excluding hydrogens is 208 g/mol. The molecule has 1 fully saturated rings. The third kappa shape index (κ3) is 5.42. The summed E-state index contributed by atoms with van der Waals surface area (Å²) in [6, 6.07) is 0. The summed E-state index contributed by atoms with van der Waals surface area (Å²) in [4.78, 5) is 0. The summed E-state index contributed by atoms with van der Waals surface area (Å²) in [5.74, 6) is 3.37. The second-order valence-corrected chi connectivity index (χ2v) is 6.68. The topological polar surface area (TPSA) is 9.23 Å². The minimum Gasteiger partial charge on any atom is -0.378 e. The van der Waals surface area contributed by atoms with E-state index in [1.807, 2.05) is 0 Å². The van der Waals surface area contributed by atoms with Crippen LogP contribution in [-0.4, -0.2) is 12.7 Å². The summed E-state index contributed by atoms with van der Waals surface area (Å²) < 4.78 is 5.56. The van der Waals surface area contributed by atoms with Crippen molar-refractivity contribution in [3.8, 4) is 0 Å². The van der Waals surface area contributed by atoms with Crippen molar-refractivity contribution in [2.24, 2.45) is 23.7 Å². The summed E-state index contributed by atoms with van der Waals surface area (Å²) in [6.45, 7) is 12.9. The van der Waals surface area contributed by atoms with E-state index in [9.17, 15) is 0 Å². The molecule has 0 bridgehead atoms. The maximum atomic E-state index is 5.56. The fourth-order valence-corrected chi connectivity index (χ4v) is 2.58. The Balaban J connectivity index is 2.11. The standard InChI is InChI=1S/C16H32O/c1-12(2)6-7-13(3)14(4)8-9-15(5)16-10-11-17-16/h12-16H,6-11H2,1-5H3. The smallest absolute Gasteiger partial charge is 0.0622 e. The summed E-state index contributed by atoms with van der Waals surface area (Å²) in [6.07, 6.45) is 7.37. The van der Waals surface area contributed by atoms with Crippen LogP contribution in [0.5, 0.6) is 0 Å². The molecule has 4 atom stereocenters. The molecule has 1 saturated heterocycles. The van der Waals surface area contributed by atoms with Gasteiger partial charge >= 0.3 is 0 Å². The van der Waals surface area contributed by atoms with Gasteiger partial charge in [0.15, 0.2) is 0 Å². The molecule has 0 aromatic heterocycles. The Kier molecular flexibility index (Phi) is 6.54. The molecule has 1 heterocycles. The van der Waals surface area contributed by atoms with Gasteiger partial charge in [0.05, 0.1) is 6.10 Å². The predicted molar refractivity (Wildman–Crippen MR) is 75.2 cm³/mol. The Bertz CT molecular complexity index is 196. The minimum atomic E-state index is 0.577. The van der Waals surface area contributed by atoms with E-state index >= 15 is 0 Å². The fourth-order valence-electron chi connectivity index (χ4n) is 2.58. The van der Waals surface area contributed by atoms with Crippen LogP contribution in [0, 0.1) is 23.7 Å². The Hall–Kier alpha value is -0.0400. The van der Waals surface area contributed by atoms with Gasteiger partial charge in [-0.05, 0) is 36.5 Å². The van der Waals surface area contributed by atoms with Crippen molar-refractivity contribution in [1.29, 1.82) is 0 Å². The molecule has 4 unspecified atom stereocenters. The Morgan fingerprint density at radius 2 is 1.41 bits per heavy atom. The monoisotopic (exact) mass is 240 g/mol. The highest BCUT2D eigenvalue weighted by atomic mass is 16.5. The van der Waals surface area contributed by atoms with E-state index in [4.69, 9.17) is 4.74 Å². The quantitative estimate of drug-likeness (QED) is 0.586. The number of rotatable bonds is 8. The molecule has 0 aliphatic carbocycles. The summed E-state index contributed by atoms with van der Waals surface area (Å²) in [7, 11) is 0. The highest BCUT2D eigenvalue weighted by Gasteiger charge is 2.25. The molecule has 17 heavy (non-hydrogen) atoms. The van der Waals surface area contributed by atoms with Crippen LogP contribution in [0.2, 0.25) is 0 Å². The molecule has 0 aromatic rings. The molecule has 1 heteroatoms. The molecule has 1 aliphatic heterocycles. The molecule has 102 valence electrons. The molecule has 0 radical (unpaired) electrons. The highest BCUT2D eigenvalue weighted by molar-refractivity contribution is 4.74. The van der Waals surface area contributed by atoms with Crippen molar-refractivity contribution in [3.63, 3.8) is 0 Å². The average molecular weight is 240 g/mol. The number of hydrogen-bond donors (Lipinski definition) is 0. The van der Waals surface area contributed by atoms with E-state index in [2.05, 4.69) is 34.6 Å². The van der Waals surface area contributed by atoms with E-state index in [-0.39, 0.29) is 0 Å². The molecule has 1 rings (SSSR count). The van der Waals surface area contributed by atoms with Gasteiger partial charge in [0.25, 0.3) is 0 Å². The Labute approximate surface area is 108 Å². The molecule has 0 amide bonds. The maximum absolute atomic E-state index is 5.56. The zero-order valence-corrected chi connectivity index (χ0v) is 12.5. The van der Waals surface area contributed by atoms with Crippen LogP contribution in [0.4, 0.5) is 0 Å². The first kappa shape index (κ1) is 15.0. The lowest BCUT2D eigenvalue weighted by Crippen LogP contribution is -2.33. The summed E-state index contributed by atoms with van der Waals surface area (Å²) in [5.41, 5.74) is 0. The van der Waals surface area contributed by atoms with E-state index in [1.54, 1.807) is 0 Å². The first-order chi connectivity index (χ1) is 8.00.